The summed E-state index contributed by atoms with van der Waals surface area (Å²) < 4.78 is 51.9. The second-order valence-electron chi connectivity index (χ2n) is 7.13. The molecule has 0 spiro atoms. The van der Waals surface area contributed by atoms with E-state index in [0.29, 0.717) is 11.1 Å². The molecule has 1 aromatic heterocycles. The molecular weight excluding hydrogens is 413 g/mol. The Morgan fingerprint density at radius 2 is 2.13 bits per heavy atom. The quantitative estimate of drug-likeness (QED) is 0.703. The van der Waals surface area contributed by atoms with E-state index in [4.69, 9.17) is 20.5 Å². The molecule has 3 atom stereocenters. The number of nitriles is 1. The number of hydrogen-bond acceptors (Lipinski definition) is 7. The molecule has 0 unspecified atom stereocenters. The first-order valence-electron chi connectivity index (χ1n) is 9.20. The van der Waals surface area contributed by atoms with E-state index in [2.05, 4.69) is 9.98 Å². The molecule has 3 rings (SSSR count). The van der Waals surface area contributed by atoms with Crippen molar-refractivity contribution < 1.29 is 27.4 Å². The van der Waals surface area contributed by atoms with Crippen molar-refractivity contribution in [2.24, 2.45) is 10.7 Å². The number of alkyl halides is 2. The van der Waals surface area contributed by atoms with Gasteiger partial charge in [-0.1, -0.05) is 6.07 Å². The van der Waals surface area contributed by atoms with Crippen LogP contribution in [0.2, 0.25) is 0 Å². The second-order valence-corrected chi connectivity index (χ2v) is 7.13. The number of pyridine rings is 1. The Bertz CT molecular complexity index is 1050. The molecule has 1 aliphatic rings. The van der Waals surface area contributed by atoms with Crippen molar-refractivity contribution in [1.82, 2.24) is 4.98 Å². The zero-order chi connectivity index (χ0) is 22.8. The van der Waals surface area contributed by atoms with Crippen molar-refractivity contribution in [3.8, 4) is 6.07 Å². The van der Waals surface area contributed by atoms with Crippen LogP contribution >= 0.6 is 0 Å². The van der Waals surface area contributed by atoms with Crippen molar-refractivity contribution in [3.05, 3.63) is 64.7 Å². The number of hydrogen-bond donors (Lipinski definition) is 1. The maximum absolute atomic E-state index is 14.8. The highest BCUT2D eigenvalue weighted by atomic mass is 19.3. The number of nitrogens with two attached hydrogens (primary N) is 1. The number of Topliss-reactive ketones (excluding diaryl/α,β-unsaturated/α-hetero) is 1. The van der Waals surface area contributed by atoms with Gasteiger partial charge in [0.25, 0.3) is 12.4 Å². The summed E-state index contributed by atoms with van der Waals surface area (Å²) in [6.07, 6.45) is -4.89. The fourth-order valence-corrected chi connectivity index (χ4v) is 3.57. The highest BCUT2D eigenvalue weighted by Gasteiger charge is 2.51. The van der Waals surface area contributed by atoms with Crippen LogP contribution in [0.15, 0.2) is 41.5 Å². The Kier molecular flexibility index (Phi) is 6.27. The van der Waals surface area contributed by atoms with Gasteiger partial charge in [-0.2, -0.15) is 5.26 Å². The summed E-state index contributed by atoms with van der Waals surface area (Å²) in [6.45, 7) is 1.41. The molecule has 0 saturated carbocycles. The number of carbonyl (C=O) groups is 1. The molecule has 7 nitrogen and oxygen atoms in total. The zero-order valence-electron chi connectivity index (χ0n) is 16.7. The highest BCUT2D eigenvalue weighted by Crippen LogP contribution is 2.39. The fraction of sp³-hybridized carbons (Fsp3) is 0.333. The topological polar surface area (TPSA) is 111 Å². The summed E-state index contributed by atoms with van der Waals surface area (Å²) >= 11 is 0. The SMILES string of the molecule is CO[C@H]1[C@@H](C(F)F)OC(N)=N[C@]1(C)c1cc(CC(=O)c2ccc(C#N)cn2)ccc1F. The van der Waals surface area contributed by atoms with Gasteiger partial charge in [-0.15, -0.1) is 0 Å². The lowest BCUT2D eigenvalue weighted by molar-refractivity contribution is -0.121. The van der Waals surface area contributed by atoms with E-state index in [1.54, 1.807) is 0 Å². The number of rotatable bonds is 6. The average molecular weight is 432 g/mol. The number of ether oxygens (including phenoxy) is 2. The van der Waals surface area contributed by atoms with E-state index >= 15 is 0 Å². The molecule has 2 heterocycles. The number of methoxy groups -OCH3 is 1. The zero-order valence-corrected chi connectivity index (χ0v) is 16.7. The van der Waals surface area contributed by atoms with Crippen LogP contribution in [0.1, 0.15) is 34.1 Å². The van der Waals surface area contributed by atoms with Gasteiger partial charge in [0.1, 0.15) is 29.2 Å². The Labute approximate surface area is 176 Å². The minimum absolute atomic E-state index is 0.0608. The molecule has 1 aromatic carbocycles. The van der Waals surface area contributed by atoms with Crippen molar-refractivity contribution in [2.45, 2.75) is 37.5 Å². The first kappa shape index (κ1) is 22.2. The van der Waals surface area contributed by atoms with E-state index in [9.17, 15) is 18.0 Å². The fourth-order valence-electron chi connectivity index (χ4n) is 3.57. The van der Waals surface area contributed by atoms with E-state index in [0.717, 1.165) is 6.07 Å². The molecule has 0 aliphatic carbocycles. The lowest BCUT2D eigenvalue weighted by atomic mass is 9.82. The second kappa shape index (κ2) is 8.73. The first-order valence-corrected chi connectivity index (χ1v) is 9.20. The Morgan fingerprint density at radius 1 is 1.39 bits per heavy atom. The van der Waals surface area contributed by atoms with E-state index < -0.39 is 36.0 Å². The summed E-state index contributed by atoms with van der Waals surface area (Å²) in [5, 5.41) is 8.82. The van der Waals surface area contributed by atoms with Crippen LogP contribution in [0.5, 0.6) is 0 Å². The van der Waals surface area contributed by atoms with Crippen LogP contribution in [0, 0.1) is 17.1 Å². The molecule has 0 fully saturated rings. The molecule has 0 bridgehead atoms. The molecule has 162 valence electrons. The Balaban J connectivity index is 1.96. The molecule has 0 amide bonds. The molecular formula is C21H19F3N4O3. The lowest BCUT2D eigenvalue weighted by Gasteiger charge is -2.41. The van der Waals surface area contributed by atoms with Gasteiger partial charge in [0.2, 0.25) is 0 Å². The number of aliphatic imine (C=N–C) groups is 1. The molecule has 2 aromatic rings. The van der Waals surface area contributed by atoms with Gasteiger partial charge < -0.3 is 15.2 Å². The van der Waals surface area contributed by atoms with Gasteiger partial charge in [-0.25, -0.2) is 18.2 Å². The Morgan fingerprint density at radius 3 is 2.71 bits per heavy atom. The predicted molar refractivity (Wildman–Crippen MR) is 104 cm³/mol. The number of aromatic nitrogens is 1. The Hall–Kier alpha value is -3.45. The minimum atomic E-state index is -2.95. The van der Waals surface area contributed by atoms with Gasteiger partial charge >= 0.3 is 0 Å². The lowest BCUT2D eigenvalue weighted by Crippen LogP contribution is -2.55. The van der Waals surface area contributed by atoms with Gasteiger partial charge in [0.15, 0.2) is 11.9 Å². The van der Waals surface area contributed by atoms with Crippen molar-refractivity contribution >= 4 is 11.8 Å². The summed E-state index contributed by atoms with van der Waals surface area (Å²) in [6, 6.07) is 8.18. The number of ketones is 1. The average Bonchev–Trinajstić information content (AvgIpc) is 2.74. The third-order valence-corrected chi connectivity index (χ3v) is 5.07. The van der Waals surface area contributed by atoms with Gasteiger partial charge in [-0.3, -0.25) is 9.78 Å². The van der Waals surface area contributed by atoms with E-state index in [1.165, 1.54) is 44.5 Å². The van der Waals surface area contributed by atoms with Crippen LogP contribution in [0.25, 0.3) is 0 Å². The monoisotopic (exact) mass is 432 g/mol. The third-order valence-electron chi connectivity index (χ3n) is 5.07. The first-order chi connectivity index (χ1) is 14.7. The smallest absolute Gasteiger partial charge is 0.283 e. The normalized spacial score (nSPS) is 23.1. The number of benzene rings is 1. The van der Waals surface area contributed by atoms with Gasteiger partial charge in [0.05, 0.1) is 5.56 Å². The van der Waals surface area contributed by atoms with Crippen molar-refractivity contribution in [2.75, 3.05) is 7.11 Å². The summed E-state index contributed by atoms with van der Waals surface area (Å²) in [5.41, 5.74) is 4.77. The number of nitrogens with zero attached hydrogens (tertiary/aromatic N) is 3. The minimum Gasteiger partial charge on any atom is -0.453 e. The molecule has 1 aliphatic heterocycles. The van der Waals surface area contributed by atoms with Gasteiger partial charge in [0, 0.05) is 25.3 Å². The van der Waals surface area contributed by atoms with Crippen LogP contribution in [-0.4, -0.2) is 42.5 Å². The van der Waals surface area contributed by atoms with Crippen LogP contribution in [0.4, 0.5) is 13.2 Å². The van der Waals surface area contributed by atoms with E-state index in [-0.39, 0.29) is 23.5 Å². The number of halogens is 3. The standard InChI is InChI=1S/C21H19F3N4O3/c1-21(18(30-2)17(19(23)24)31-20(26)28-21)13-7-11(3-5-14(13)22)8-16(29)15-6-4-12(9-25)10-27-15/h3-7,10,17-19H,8H2,1-2H3,(H2,26,28)/t17-,18-,21+/m0/s1. The van der Waals surface area contributed by atoms with Crippen molar-refractivity contribution in [1.29, 1.82) is 5.26 Å². The van der Waals surface area contributed by atoms with Crippen LogP contribution < -0.4 is 5.73 Å². The molecule has 2 N–H and O–H groups in total. The maximum atomic E-state index is 14.8. The van der Waals surface area contributed by atoms with Crippen LogP contribution in [-0.2, 0) is 21.4 Å². The summed E-state index contributed by atoms with van der Waals surface area (Å²) in [5.74, 6) is -1.08. The summed E-state index contributed by atoms with van der Waals surface area (Å²) in [7, 11) is 1.19. The maximum Gasteiger partial charge on any atom is 0.283 e. The molecule has 0 radical (unpaired) electrons. The number of amidine groups is 1. The largest absolute Gasteiger partial charge is 0.453 e. The van der Waals surface area contributed by atoms with Crippen LogP contribution in [0.3, 0.4) is 0 Å². The molecule has 31 heavy (non-hydrogen) atoms. The highest BCUT2D eigenvalue weighted by molar-refractivity contribution is 5.95. The van der Waals surface area contributed by atoms with Gasteiger partial charge in [-0.05, 0) is 36.8 Å². The molecule has 0 saturated heterocycles. The van der Waals surface area contributed by atoms with Crippen molar-refractivity contribution in [3.63, 3.8) is 0 Å². The molecule has 10 heteroatoms. The number of carbonyl (C=O) groups excluding carboxylic acids is 1. The predicted octanol–water partition coefficient (Wildman–Crippen LogP) is 2.73. The van der Waals surface area contributed by atoms with E-state index in [1.807, 2.05) is 6.07 Å². The third kappa shape index (κ3) is 4.36. The summed E-state index contributed by atoms with van der Waals surface area (Å²) in [4.78, 5) is 20.6.